The summed E-state index contributed by atoms with van der Waals surface area (Å²) >= 11 is 0. The van der Waals surface area contributed by atoms with Crippen LogP contribution < -0.4 is 4.89 Å². The lowest BCUT2D eigenvalue weighted by molar-refractivity contribution is -0.870. The van der Waals surface area contributed by atoms with Crippen LogP contribution in [0, 0.1) is 0 Å². The van der Waals surface area contributed by atoms with Crippen molar-refractivity contribution in [3.8, 4) is 0 Å². The van der Waals surface area contributed by atoms with Gasteiger partial charge in [-0.2, -0.15) is 0 Å². The second-order valence-corrected chi connectivity index (χ2v) is 24.2. The highest BCUT2D eigenvalue weighted by Crippen LogP contribution is 2.38. The first-order valence-electron chi connectivity index (χ1n) is 31.5. The zero-order chi connectivity index (χ0) is 53.5. The number of carbonyl (C=O) groups excluding carboxylic acids is 2. The number of esters is 2. The zero-order valence-electron chi connectivity index (χ0n) is 49.1. The summed E-state index contributed by atoms with van der Waals surface area (Å²) in [5, 5.41) is 0. The number of phosphoric acid groups is 1. The van der Waals surface area contributed by atoms with Crippen molar-refractivity contribution in [2.24, 2.45) is 0 Å². The molecule has 0 aliphatic carbocycles. The molecule has 0 bridgehead atoms. The van der Waals surface area contributed by atoms with Gasteiger partial charge in [-0.1, -0.05) is 282 Å². The van der Waals surface area contributed by atoms with Gasteiger partial charge in [-0.05, 0) is 44.9 Å². The number of rotatable bonds is 59. The average molecular weight is 1050 g/mol. The molecule has 2 unspecified atom stereocenters. The molecule has 0 N–H and O–H groups in total. The summed E-state index contributed by atoms with van der Waals surface area (Å²) in [5.41, 5.74) is 0. The molecule has 0 rings (SSSR count). The maximum Gasteiger partial charge on any atom is 0.306 e. The number of hydrogen-bond donors (Lipinski definition) is 0. The predicted molar refractivity (Wildman–Crippen MR) is 310 cm³/mol. The first-order chi connectivity index (χ1) is 35.5. The van der Waals surface area contributed by atoms with Gasteiger partial charge in [0.05, 0.1) is 27.7 Å². The Morgan fingerprint density at radius 1 is 0.425 bits per heavy atom. The van der Waals surface area contributed by atoms with Gasteiger partial charge in [0.2, 0.25) is 0 Å². The fourth-order valence-electron chi connectivity index (χ4n) is 9.34. The number of phosphoric ester groups is 1. The number of nitrogens with zero attached hydrogens (tertiary/aromatic N) is 1. The molecule has 0 aliphatic heterocycles. The number of ether oxygens (including phenoxy) is 2. The van der Waals surface area contributed by atoms with Crippen molar-refractivity contribution in [3.63, 3.8) is 0 Å². The second kappa shape index (κ2) is 55.3. The van der Waals surface area contributed by atoms with Crippen LogP contribution in [0.5, 0.6) is 0 Å². The molecule has 73 heavy (non-hydrogen) atoms. The Morgan fingerprint density at radius 3 is 1.11 bits per heavy atom. The number of unbranched alkanes of at least 4 members (excludes halogenated alkanes) is 41. The molecule has 0 saturated carbocycles. The van der Waals surface area contributed by atoms with E-state index < -0.39 is 26.5 Å². The monoisotopic (exact) mass is 1050 g/mol. The molecule has 9 nitrogen and oxygen atoms in total. The van der Waals surface area contributed by atoms with Crippen LogP contribution >= 0.6 is 7.82 Å². The lowest BCUT2D eigenvalue weighted by atomic mass is 10.0. The van der Waals surface area contributed by atoms with Crippen molar-refractivity contribution in [2.75, 3.05) is 47.5 Å². The summed E-state index contributed by atoms with van der Waals surface area (Å²) in [4.78, 5) is 37.8. The van der Waals surface area contributed by atoms with E-state index in [0.29, 0.717) is 17.4 Å². The lowest BCUT2D eigenvalue weighted by Crippen LogP contribution is -2.37. The van der Waals surface area contributed by atoms with Gasteiger partial charge in [-0.15, -0.1) is 0 Å². The highest BCUT2D eigenvalue weighted by atomic mass is 31.2. The first kappa shape index (κ1) is 71.5. The third-order valence-electron chi connectivity index (χ3n) is 14.2. The maximum atomic E-state index is 12.8. The van der Waals surface area contributed by atoms with Gasteiger partial charge >= 0.3 is 11.9 Å². The molecule has 0 radical (unpaired) electrons. The normalized spacial score (nSPS) is 13.3. The summed E-state index contributed by atoms with van der Waals surface area (Å²) in [5.74, 6) is -0.835. The molecule has 0 fully saturated rings. The van der Waals surface area contributed by atoms with E-state index in [9.17, 15) is 19.0 Å². The Morgan fingerprint density at radius 2 is 0.740 bits per heavy atom. The van der Waals surface area contributed by atoms with Gasteiger partial charge < -0.3 is 27.9 Å². The van der Waals surface area contributed by atoms with Crippen molar-refractivity contribution in [1.82, 2.24) is 0 Å². The molecule has 0 amide bonds. The van der Waals surface area contributed by atoms with E-state index in [2.05, 4.69) is 38.2 Å². The van der Waals surface area contributed by atoms with Crippen LogP contribution in [0.15, 0.2) is 24.3 Å². The number of carbonyl (C=O) groups is 2. The molecule has 0 aromatic carbocycles. The summed E-state index contributed by atoms with van der Waals surface area (Å²) in [7, 11) is 1.17. The molecule has 2 atom stereocenters. The van der Waals surface area contributed by atoms with Crippen LogP contribution in [0.3, 0.4) is 0 Å². The molecule has 0 heterocycles. The van der Waals surface area contributed by atoms with Crippen LogP contribution in [0.1, 0.15) is 316 Å². The number of likely N-dealkylation sites (N-methyl/N-ethyl adjacent to an activating group) is 1. The molecule has 0 aliphatic rings. The van der Waals surface area contributed by atoms with E-state index in [1.807, 2.05) is 21.1 Å². The van der Waals surface area contributed by atoms with Crippen molar-refractivity contribution < 1.29 is 42.1 Å². The summed E-state index contributed by atoms with van der Waals surface area (Å²) in [6, 6.07) is 0. The quantitative estimate of drug-likeness (QED) is 0.0195. The third kappa shape index (κ3) is 59.6. The minimum absolute atomic E-state index is 0.0315. The van der Waals surface area contributed by atoms with Crippen LogP contribution in [0.4, 0.5) is 0 Å². The van der Waals surface area contributed by atoms with Crippen LogP contribution in [0.2, 0.25) is 0 Å². The Hall–Kier alpha value is -1.51. The molecule has 0 saturated heterocycles. The van der Waals surface area contributed by atoms with Gasteiger partial charge in [0.15, 0.2) is 6.10 Å². The summed E-state index contributed by atoms with van der Waals surface area (Å²) in [6.07, 6.45) is 66.9. The highest BCUT2D eigenvalue weighted by Gasteiger charge is 2.22. The molecule has 0 aromatic heterocycles. The predicted octanol–water partition coefficient (Wildman–Crippen LogP) is 19.1. The average Bonchev–Trinajstić information content (AvgIpc) is 3.35. The number of quaternary nitrogens is 1. The van der Waals surface area contributed by atoms with Crippen molar-refractivity contribution in [3.05, 3.63) is 24.3 Å². The third-order valence-corrected chi connectivity index (χ3v) is 15.2. The maximum absolute atomic E-state index is 12.8. The van der Waals surface area contributed by atoms with Gasteiger partial charge in [0, 0.05) is 12.8 Å². The van der Waals surface area contributed by atoms with Crippen LogP contribution in [-0.4, -0.2) is 70.0 Å². The number of hydrogen-bond acceptors (Lipinski definition) is 8. The summed E-state index contributed by atoms with van der Waals surface area (Å²) < 4.78 is 34.1. The second-order valence-electron chi connectivity index (χ2n) is 22.8. The Labute approximate surface area is 453 Å². The van der Waals surface area contributed by atoms with Gasteiger partial charge in [0.25, 0.3) is 7.82 Å². The Kier molecular flexibility index (Phi) is 54.1. The van der Waals surface area contributed by atoms with E-state index in [4.69, 9.17) is 18.5 Å². The van der Waals surface area contributed by atoms with E-state index >= 15 is 0 Å². The van der Waals surface area contributed by atoms with Crippen LogP contribution in [0.25, 0.3) is 0 Å². The van der Waals surface area contributed by atoms with Crippen LogP contribution in [-0.2, 0) is 32.7 Å². The van der Waals surface area contributed by atoms with E-state index in [1.165, 1.54) is 225 Å². The van der Waals surface area contributed by atoms with Gasteiger partial charge in [-0.3, -0.25) is 14.2 Å². The molecule has 0 aromatic rings. The lowest BCUT2D eigenvalue weighted by Gasteiger charge is -2.28. The standard InChI is InChI=1S/C63H122NO8P/c1-6-8-10-12-14-16-18-20-22-23-24-25-26-27-28-29-30-31-32-33-34-35-36-37-38-39-40-42-43-45-47-49-51-53-55-62(65)69-59-61(60-71-73(67,68)70-58-57-64(3,4)5)72-63(66)56-54-52-50-48-46-44-41-21-19-17-15-13-11-9-7-2/h15,17,21,41,61H,6-14,16,18-20,22-40,42-60H2,1-5H3/b17-15-,41-21-. The zero-order valence-corrected chi connectivity index (χ0v) is 50.0. The smallest absolute Gasteiger partial charge is 0.306 e. The van der Waals surface area contributed by atoms with Crippen molar-refractivity contribution in [1.29, 1.82) is 0 Å². The first-order valence-corrected chi connectivity index (χ1v) is 33.0. The van der Waals surface area contributed by atoms with Crippen molar-refractivity contribution in [2.45, 2.75) is 322 Å². The molecular formula is C63H122NO8P. The summed E-state index contributed by atoms with van der Waals surface area (Å²) in [6.45, 7) is 4.24. The topological polar surface area (TPSA) is 111 Å². The molecule has 10 heteroatoms. The largest absolute Gasteiger partial charge is 0.756 e. The fraction of sp³-hybridized carbons (Fsp3) is 0.905. The molecular weight excluding hydrogens is 930 g/mol. The Balaban J connectivity index is 3.93. The minimum atomic E-state index is -4.63. The number of allylic oxidation sites excluding steroid dienone is 4. The fourth-order valence-corrected chi connectivity index (χ4v) is 10.1. The highest BCUT2D eigenvalue weighted by molar-refractivity contribution is 7.45. The van der Waals surface area contributed by atoms with E-state index in [-0.39, 0.29) is 32.0 Å². The molecule has 0 spiro atoms. The van der Waals surface area contributed by atoms with Gasteiger partial charge in [0.1, 0.15) is 19.8 Å². The SMILES string of the molecule is CCCCC/C=C\C/C=C\CCCCCCCC(=O)OC(COC(=O)CCCCCCCCCCCCCCCCCCCCCCCCCCCCCCCCCCCC)COP(=O)([O-])OCC[N+](C)(C)C. The minimum Gasteiger partial charge on any atom is -0.756 e. The van der Waals surface area contributed by atoms with E-state index in [1.54, 1.807) is 0 Å². The Bertz CT molecular complexity index is 1280. The van der Waals surface area contributed by atoms with E-state index in [0.717, 1.165) is 57.8 Å². The molecule has 432 valence electrons. The van der Waals surface area contributed by atoms with Crippen molar-refractivity contribution >= 4 is 19.8 Å². The van der Waals surface area contributed by atoms with Gasteiger partial charge in [-0.25, -0.2) is 0 Å².